The van der Waals surface area contributed by atoms with Crippen molar-refractivity contribution in [3.63, 3.8) is 0 Å². The zero-order valence-electron chi connectivity index (χ0n) is 11.8. The molecule has 1 heterocycles. The molecule has 4 nitrogen and oxygen atoms in total. The van der Waals surface area contributed by atoms with Crippen molar-refractivity contribution < 1.29 is 4.74 Å². The van der Waals surface area contributed by atoms with Crippen molar-refractivity contribution in [2.75, 3.05) is 6.54 Å². The van der Waals surface area contributed by atoms with Crippen LogP contribution in [-0.4, -0.2) is 11.5 Å². The topological polar surface area (TPSA) is 57.9 Å². The van der Waals surface area contributed by atoms with E-state index in [4.69, 9.17) is 10.00 Å². The van der Waals surface area contributed by atoms with E-state index in [1.807, 2.05) is 24.3 Å². The summed E-state index contributed by atoms with van der Waals surface area (Å²) >= 11 is 3.53. The van der Waals surface area contributed by atoms with E-state index in [0.717, 1.165) is 34.4 Å². The van der Waals surface area contributed by atoms with Gasteiger partial charge in [0, 0.05) is 22.8 Å². The monoisotopic (exact) mass is 345 g/mol. The first-order valence-electron chi connectivity index (χ1n) is 6.70. The summed E-state index contributed by atoms with van der Waals surface area (Å²) in [6.45, 7) is 4.10. The lowest BCUT2D eigenvalue weighted by molar-refractivity contribution is 0.305. The number of ether oxygens (including phenoxy) is 1. The van der Waals surface area contributed by atoms with Crippen molar-refractivity contribution in [3.05, 3.63) is 57.8 Å². The highest BCUT2D eigenvalue weighted by Gasteiger charge is 2.05. The number of pyridine rings is 1. The highest BCUT2D eigenvalue weighted by molar-refractivity contribution is 9.10. The zero-order chi connectivity index (χ0) is 15.1. The fraction of sp³-hybridized carbons (Fsp3) is 0.250. The van der Waals surface area contributed by atoms with Crippen LogP contribution < -0.4 is 10.1 Å². The molecule has 1 aromatic carbocycles. The second kappa shape index (κ2) is 7.77. The molecule has 0 amide bonds. The molecule has 0 radical (unpaired) electrons. The van der Waals surface area contributed by atoms with Crippen molar-refractivity contribution in [3.8, 4) is 11.8 Å². The van der Waals surface area contributed by atoms with Crippen molar-refractivity contribution in [1.29, 1.82) is 5.26 Å². The van der Waals surface area contributed by atoms with E-state index < -0.39 is 0 Å². The Hall–Kier alpha value is -1.90. The second-order valence-electron chi connectivity index (χ2n) is 4.45. The summed E-state index contributed by atoms with van der Waals surface area (Å²) in [4.78, 5) is 4.02. The third kappa shape index (κ3) is 4.28. The van der Waals surface area contributed by atoms with Gasteiger partial charge in [-0.3, -0.25) is 0 Å². The minimum Gasteiger partial charge on any atom is -0.489 e. The SMILES string of the molecule is CCNCc1cc(OCc2cccnc2C#N)ccc1Br. The molecule has 0 fully saturated rings. The van der Waals surface area contributed by atoms with Crippen LogP contribution in [0.1, 0.15) is 23.7 Å². The van der Waals surface area contributed by atoms with Crippen molar-refractivity contribution in [2.24, 2.45) is 0 Å². The van der Waals surface area contributed by atoms with Gasteiger partial charge in [-0.15, -0.1) is 0 Å². The first-order chi connectivity index (χ1) is 10.2. The van der Waals surface area contributed by atoms with E-state index in [2.05, 4.69) is 39.2 Å². The predicted octanol–water partition coefficient (Wildman–Crippen LogP) is 3.40. The van der Waals surface area contributed by atoms with Crippen LogP contribution in [0.4, 0.5) is 0 Å². The van der Waals surface area contributed by atoms with Gasteiger partial charge in [0.15, 0.2) is 0 Å². The lowest BCUT2D eigenvalue weighted by Gasteiger charge is -2.10. The van der Waals surface area contributed by atoms with Crippen LogP contribution in [0.2, 0.25) is 0 Å². The van der Waals surface area contributed by atoms with Gasteiger partial charge < -0.3 is 10.1 Å². The quantitative estimate of drug-likeness (QED) is 0.871. The normalized spacial score (nSPS) is 10.1. The number of nitriles is 1. The van der Waals surface area contributed by atoms with E-state index in [-0.39, 0.29) is 0 Å². The van der Waals surface area contributed by atoms with E-state index >= 15 is 0 Å². The summed E-state index contributed by atoms with van der Waals surface area (Å²) in [5.74, 6) is 0.777. The molecule has 0 spiro atoms. The second-order valence-corrected chi connectivity index (χ2v) is 5.30. The molecule has 2 rings (SSSR count). The van der Waals surface area contributed by atoms with Crippen molar-refractivity contribution in [2.45, 2.75) is 20.1 Å². The minimum atomic E-state index is 0.332. The molecule has 0 aliphatic carbocycles. The van der Waals surface area contributed by atoms with Crippen molar-refractivity contribution in [1.82, 2.24) is 10.3 Å². The van der Waals surface area contributed by atoms with Crippen LogP contribution >= 0.6 is 15.9 Å². The smallest absolute Gasteiger partial charge is 0.147 e. The largest absolute Gasteiger partial charge is 0.489 e. The van der Waals surface area contributed by atoms with Gasteiger partial charge in [-0.05, 0) is 36.4 Å². The van der Waals surface area contributed by atoms with Gasteiger partial charge in [0.2, 0.25) is 0 Å². The number of rotatable bonds is 6. The first-order valence-corrected chi connectivity index (χ1v) is 7.49. The third-order valence-corrected chi connectivity index (χ3v) is 3.75. The Balaban J connectivity index is 2.08. The Morgan fingerprint density at radius 1 is 1.33 bits per heavy atom. The average molecular weight is 346 g/mol. The summed E-state index contributed by atoms with van der Waals surface area (Å²) in [5.41, 5.74) is 2.33. The Bertz CT molecular complexity index is 652. The molecule has 0 unspecified atom stereocenters. The van der Waals surface area contributed by atoms with Crippen molar-refractivity contribution >= 4 is 15.9 Å². The Labute approximate surface area is 132 Å². The summed E-state index contributed by atoms with van der Waals surface area (Å²) in [7, 11) is 0. The van der Waals surface area contributed by atoms with Crippen LogP contribution in [0.15, 0.2) is 41.0 Å². The molecule has 2 aromatic rings. The van der Waals surface area contributed by atoms with Crippen LogP contribution in [0.25, 0.3) is 0 Å². The summed E-state index contributed by atoms with van der Waals surface area (Å²) < 4.78 is 6.82. The zero-order valence-corrected chi connectivity index (χ0v) is 13.4. The molecule has 0 atom stereocenters. The molecular weight excluding hydrogens is 330 g/mol. The van der Waals surface area contributed by atoms with Crippen LogP contribution in [0, 0.1) is 11.3 Å². The van der Waals surface area contributed by atoms with E-state index in [0.29, 0.717) is 12.3 Å². The van der Waals surface area contributed by atoms with Gasteiger partial charge in [0.05, 0.1) is 0 Å². The molecule has 1 aromatic heterocycles. The number of nitrogens with one attached hydrogen (secondary N) is 1. The number of aromatic nitrogens is 1. The molecule has 0 bridgehead atoms. The summed E-state index contributed by atoms with van der Waals surface area (Å²) in [6.07, 6.45) is 1.61. The first kappa shape index (κ1) is 15.5. The number of nitrogens with zero attached hydrogens (tertiary/aromatic N) is 2. The molecule has 21 heavy (non-hydrogen) atoms. The van der Waals surface area contributed by atoms with Gasteiger partial charge >= 0.3 is 0 Å². The van der Waals surface area contributed by atoms with Gasteiger partial charge in [0.1, 0.15) is 24.1 Å². The van der Waals surface area contributed by atoms with Gasteiger partial charge in [-0.1, -0.05) is 28.9 Å². The molecule has 0 aliphatic rings. The molecule has 108 valence electrons. The number of halogens is 1. The Morgan fingerprint density at radius 2 is 2.19 bits per heavy atom. The number of benzene rings is 1. The summed E-state index contributed by atoms with van der Waals surface area (Å²) in [5, 5.41) is 12.3. The average Bonchev–Trinajstić information content (AvgIpc) is 2.53. The standard InChI is InChI=1S/C16H16BrN3O/c1-2-19-10-13-8-14(5-6-15(13)17)21-11-12-4-3-7-20-16(12)9-18/h3-8,19H,2,10-11H2,1H3. The van der Waals surface area contributed by atoms with E-state index in [1.165, 1.54) is 0 Å². The Morgan fingerprint density at radius 3 is 2.95 bits per heavy atom. The van der Waals surface area contributed by atoms with E-state index in [9.17, 15) is 0 Å². The molecule has 5 heteroatoms. The fourth-order valence-electron chi connectivity index (χ4n) is 1.85. The third-order valence-electron chi connectivity index (χ3n) is 2.97. The number of hydrogen-bond acceptors (Lipinski definition) is 4. The van der Waals surface area contributed by atoms with Gasteiger partial charge in [-0.2, -0.15) is 5.26 Å². The maximum atomic E-state index is 9.01. The number of hydrogen-bond donors (Lipinski definition) is 1. The maximum absolute atomic E-state index is 9.01. The van der Waals surface area contributed by atoms with E-state index in [1.54, 1.807) is 12.3 Å². The maximum Gasteiger partial charge on any atom is 0.147 e. The van der Waals surface area contributed by atoms with Gasteiger partial charge in [0.25, 0.3) is 0 Å². The molecule has 0 saturated heterocycles. The summed E-state index contributed by atoms with van der Waals surface area (Å²) in [6, 6.07) is 11.6. The van der Waals surface area contributed by atoms with Gasteiger partial charge in [-0.25, -0.2) is 4.98 Å². The van der Waals surface area contributed by atoms with Crippen LogP contribution in [0.5, 0.6) is 5.75 Å². The van der Waals surface area contributed by atoms with Crippen LogP contribution in [-0.2, 0) is 13.2 Å². The minimum absolute atomic E-state index is 0.332. The molecule has 1 N–H and O–H groups in total. The fourth-order valence-corrected chi connectivity index (χ4v) is 2.24. The highest BCUT2D eigenvalue weighted by Crippen LogP contribution is 2.23. The predicted molar refractivity (Wildman–Crippen MR) is 84.8 cm³/mol. The molecule has 0 aliphatic heterocycles. The Kier molecular flexibility index (Phi) is 5.73. The molecule has 0 saturated carbocycles. The van der Waals surface area contributed by atoms with Crippen LogP contribution in [0.3, 0.4) is 0 Å². The highest BCUT2D eigenvalue weighted by atomic mass is 79.9. The lowest BCUT2D eigenvalue weighted by Crippen LogP contribution is -2.12. The lowest BCUT2D eigenvalue weighted by atomic mass is 10.2. The molecular formula is C16H16BrN3O.